The molecule has 0 radical (unpaired) electrons. The molecule has 0 aliphatic carbocycles. The molecule has 1 aliphatic rings. The van der Waals surface area contributed by atoms with Gasteiger partial charge in [-0.15, -0.1) is 11.3 Å². The van der Waals surface area contributed by atoms with Gasteiger partial charge in [0.25, 0.3) is 5.91 Å². The van der Waals surface area contributed by atoms with Crippen molar-refractivity contribution in [2.75, 3.05) is 26.3 Å². The van der Waals surface area contributed by atoms with E-state index in [1.807, 2.05) is 0 Å². The molecular weight excluding hydrogens is 357 g/mol. The van der Waals surface area contributed by atoms with Crippen LogP contribution in [0.5, 0.6) is 5.75 Å². The first kappa shape index (κ1) is 17.7. The highest BCUT2D eigenvalue weighted by Gasteiger charge is 2.30. The van der Waals surface area contributed by atoms with E-state index in [1.165, 1.54) is 23.5 Å². The van der Waals surface area contributed by atoms with Crippen molar-refractivity contribution in [2.24, 2.45) is 0 Å². The van der Waals surface area contributed by atoms with E-state index >= 15 is 0 Å². The molecule has 1 aliphatic heterocycles. The summed E-state index contributed by atoms with van der Waals surface area (Å²) < 4.78 is 48.6. The lowest BCUT2D eigenvalue weighted by Crippen LogP contribution is -2.40. The predicted molar refractivity (Wildman–Crippen MR) is 84.6 cm³/mol. The van der Waals surface area contributed by atoms with Crippen LogP contribution >= 0.6 is 11.3 Å². The zero-order valence-corrected chi connectivity index (χ0v) is 13.9. The number of alkyl halides is 3. The summed E-state index contributed by atoms with van der Waals surface area (Å²) in [6.07, 6.45) is -4.42. The number of aromatic nitrogens is 1. The number of carbonyl (C=O) groups excluding carboxylic acids is 1. The van der Waals surface area contributed by atoms with Crippen molar-refractivity contribution >= 4 is 17.2 Å². The minimum absolute atomic E-state index is 0.00235. The van der Waals surface area contributed by atoms with E-state index in [0.717, 1.165) is 12.1 Å². The Balaban J connectivity index is 1.61. The maximum Gasteiger partial charge on any atom is 0.416 e. The molecular formula is C16H15F3N2O3S. The molecule has 0 unspecified atom stereocenters. The molecule has 25 heavy (non-hydrogen) atoms. The lowest BCUT2D eigenvalue weighted by Gasteiger charge is -2.25. The Labute approximate surface area is 146 Å². The van der Waals surface area contributed by atoms with E-state index in [0.29, 0.717) is 37.0 Å². The Morgan fingerprint density at radius 2 is 2.08 bits per heavy atom. The predicted octanol–water partition coefficient (Wildman–Crippen LogP) is 3.21. The molecule has 1 amide bonds. The molecule has 2 heterocycles. The van der Waals surface area contributed by atoms with Crippen molar-refractivity contribution in [3.05, 3.63) is 45.9 Å². The lowest BCUT2D eigenvalue weighted by molar-refractivity contribution is -0.137. The van der Waals surface area contributed by atoms with Gasteiger partial charge >= 0.3 is 6.18 Å². The fourth-order valence-corrected chi connectivity index (χ4v) is 2.99. The summed E-state index contributed by atoms with van der Waals surface area (Å²) >= 11 is 1.23. The van der Waals surface area contributed by atoms with Gasteiger partial charge in [-0.25, -0.2) is 4.98 Å². The molecule has 0 bridgehead atoms. The van der Waals surface area contributed by atoms with Crippen LogP contribution < -0.4 is 4.74 Å². The van der Waals surface area contributed by atoms with Crippen LogP contribution in [0.2, 0.25) is 0 Å². The molecule has 0 saturated carbocycles. The second-order valence-corrected chi connectivity index (χ2v) is 6.29. The average Bonchev–Trinajstić information content (AvgIpc) is 3.08. The number of ether oxygens (including phenoxy) is 2. The molecule has 0 spiro atoms. The largest absolute Gasteiger partial charge is 0.486 e. The molecule has 0 atom stereocenters. The van der Waals surface area contributed by atoms with E-state index < -0.39 is 11.7 Å². The second kappa shape index (κ2) is 7.40. The number of thiazole rings is 1. The fourth-order valence-electron chi connectivity index (χ4n) is 2.31. The first-order valence-electron chi connectivity index (χ1n) is 7.55. The van der Waals surface area contributed by atoms with Gasteiger partial charge in [0.2, 0.25) is 0 Å². The van der Waals surface area contributed by atoms with Gasteiger partial charge in [-0.3, -0.25) is 4.79 Å². The molecule has 0 N–H and O–H groups in total. The average molecular weight is 372 g/mol. The van der Waals surface area contributed by atoms with Gasteiger partial charge < -0.3 is 14.4 Å². The van der Waals surface area contributed by atoms with Gasteiger partial charge in [0.05, 0.1) is 18.8 Å². The number of morpholine rings is 1. The van der Waals surface area contributed by atoms with Crippen LogP contribution in [0.25, 0.3) is 0 Å². The Kier molecular flexibility index (Phi) is 5.24. The van der Waals surface area contributed by atoms with E-state index in [-0.39, 0.29) is 18.3 Å². The van der Waals surface area contributed by atoms with Crippen molar-refractivity contribution in [3.8, 4) is 5.75 Å². The number of hydrogen-bond donors (Lipinski definition) is 0. The molecule has 1 saturated heterocycles. The van der Waals surface area contributed by atoms with Crippen molar-refractivity contribution in [3.63, 3.8) is 0 Å². The summed E-state index contributed by atoms with van der Waals surface area (Å²) in [5.41, 5.74) is -0.457. The van der Waals surface area contributed by atoms with Crippen LogP contribution in [0.3, 0.4) is 0 Å². The van der Waals surface area contributed by atoms with Crippen molar-refractivity contribution in [1.29, 1.82) is 0 Å². The van der Waals surface area contributed by atoms with Gasteiger partial charge in [0.15, 0.2) is 0 Å². The third-order valence-corrected chi connectivity index (χ3v) is 4.42. The van der Waals surface area contributed by atoms with Crippen LogP contribution in [0.15, 0.2) is 29.6 Å². The first-order chi connectivity index (χ1) is 11.9. The third-order valence-electron chi connectivity index (χ3n) is 3.59. The number of nitrogens with zero attached hydrogens (tertiary/aromatic N) is 2. The summed E-state index contributed by atoms with van der Waals surface area (Å²) in [6, 6.07) is 4.65. The first-order valence-corrected chi connectivity index (χ1v) is 8.43. The molecule has 2 aromatic rings. The monoisotopic (exact) mass is 372 g/mol. The number of carbonyl (C=O) groups is 1. The highest BCUT2D eigenvalue weighted by Crippen LogP contribution is 2.31. The minimum atomic E-state index is -4.42. The van der Waals surface area contributed by atoms with E-state index in [4.69, 9.17) is 9.47 Å². The molecule has 1 aromatic heterocycles. The number of halogens is 3. The summed E-state index contributed by atoms with van der Waals surface area (Å²) in [7, 11) is 0. The summed E-state index contributed by atoms with van der Waals surface area (Å²) in [4.78, 5) is 18.2. The topological polar surface area (TPSA) is 51.7 Å². The highest BCUT2D eigenvalue weighted by molar-refractivity contribution is 7.09. The maximum atomic E-state index is 12.7. The number of benzene rings is 1. The molecule has 134 valence electrons. The van der Waals surface area contributed by atoms with Crippen molar-refractivity contribution in [1.82, 2.24) is 9.88 Å². The van der Waals surface area contributed by atoms with Gasteiger partial charge in [0.1, 0.15) is 23.1 Å². The van der Waals surface area contributed by atoms with Crippen LogP contribution in [-0.4, -0.2) is 42.1 Å². The van der Waals surface area contributed by atoms with Gasteiger partial charge in [-0.1, -0.05) is 6.07 Å². The summed E-state index contributed by atoms with van der Waals surface area (Å²) in [6.45, 7) is 2.05. The number of hydrogen-bond acceptors (Lipinski definition) is 5. The maximum absolute atomic E-state index is 12.7. The van der Waals surface area contributed by atoms with Crippen LogP contribution in [-0.2, 0) is 17.5 Å². The lowest BCUT2D eigenvalue weighted by atomic mass is 10.2. The zero-order valence-electron chi connectivity index (χ0n) is 13.1. The zero-order chi connectivity index (χ0) is 17.9. The smallest absolute Gasteiger partial charge is 0.416 e. The molecule has 5 nitrogen and oxygen atoms in total. The number of rotatable bonds is 4. The Hall–Kier alpha value is -2.13. The van der Waals surface area contributed by atoms with Gasteiger partial charge in [0, 0.05) is 18.5 Å². The van der Waals surface area contributed by atoms with E-state index in [9.17, 15) is 18.0 Å². The second-order valence-electron chi connectivity index (χ2n) is 5.35. The fraction of sp³-hybridized carbons (Fsp3) is 0.375. The summed E-state index contributed by atoms with van der Waals surface area (Å²) in [5, 5.41) is 2.15. The summed E-state index contributed by atoms with van der Waals surface area (Å²) in [5.74, 6) is -0.0732. The SMILES string of the molecule is O=C(c1csc(COc2cccc(C(F)(F)F)c2)n1)N1CCOCC1. The molecule has 9 heteroatoms. The van der Waals surface area contributed by atoms with Crippen molar-refractivity contribution < 1.29 is 27.4 Å². The number of amides is 1. The van der Waals surface area contributed by atoms with Crippen LogP contribution in [0.4, 0.5) is 13.2 Å². The molecule has 1 fully saturated rings. The van der Waals surface area contributed by atoms with Crippen LogP contribution in [0.1, 0.15) is 21.1 Å². The Morgan fingerprint density at radius 3 is 2.80 bits per heavy atom. The molecule has 3 rings (SSSR count). The normalized spacial score (nSPS) is 15.2. The molecule has 1 aromatic carbocycles. The van der Waals surface area contributed by atoms with E-state index in [2.05, 4.69) is 4.98 Å². The highest BCUT2D eigenvalue weighted by atomic mass is 32.1. The Morgan fingerprint density at radius 1 is 1.32 bits per heavy atom. The van der Waals surface area contributed by atoms with Crippen molar-refractivity contribution in [2.45, 2.75) is 12.8 Å². The Bertz CT molecular complexity index is 742. The quantitative estimate of drug-likeness (QED) is 0.827. The minimum Gasteiger partial charge on any atom is -0.486 e. The van der Waals surface area contributed by atoms with Gasteiger partial charge in [-0.05, 0) is 18.2 Å². The third kappa shape index (κ3) is 4.49. The standard InChI is InChI=1S/C16H15F3N2O3S/c17-16(18,19)11-2-1-3-12(8-11)24-9-14-20-13(10-25-14)15(22)21-4-6-23-7-5-21/h1-3,8,10H,4-7,9H2. The van der Waals surface area contributed by atoms with E-state index in [1.54, 1.807) is 10.3 Å². The van der Waals surface area contributed by atoms with Crippen LogP contribution in [0, 0.1) is 0 Å². The van der Waals surface area contributed by atoms with Gasteiger partial charge in [-0.2, -0.15) is 13.2 Å².